The van der Waals surface area contributed by atoms with E-state index in [1.807, 2.05) is 6.92 Å². The monoisotopic (exact) mass is 526 g/mol. The van der Waals surface area contributed by atoms with Gasteiger partial charge in [-0.25, -0.2) is 8.42 Å². The van der Waals surface area contributed by atoms with Crippen LogP contribution in [0.5, 0.6) is 17.4 Å². The molecule has 196 valence electrons. The van der Waals surface area contributed by atoms with E-state index in [4.69, 9.17) is 9.47 Å². The largest absolute Gasteiger partial charge is 0.494 e. The number of hydrogen-bond donors (Lipinski definition) is 1. The Balaban J connectivity index is 1.88. The molecule has 0 bridgehead atoms. The molecule has 9 nitrogen and oxygen atoms in total. The first-order valence-electron chi connectivity index (χ1n) is 12.2. The topological polar surface area (TPSA) is 125 Å². The van der Waals surface area contributed by atoms with Crippen molar-refractivity contribution >= 4 is 15.6 Å². The van der Waals surface area contributed by atoms with Gasteiger partial charge >= 0.3 is 0 Å². The fourth-order valence-electron chi connectivity index (χ4n) is 4.20. The van der Waals surface area contributed by atoms with Crippen molar-refractivity contribution in [1.29, 1.82) is 0 Å². The predicted octanol–water partition coefficient (Wildman–Crippen LogP) is 4.11. The van der Waals surface area contributed by atoms with Crippen LogP contribution in [0.15, 0.2) is 57.1 Å². The Morgan fingerprint density at radius 1 is 1.08 bits per heavy atom. The molecule has 1 saturated carbocycles. The number of ether oxygens (including phenoxy) is 2. The molecule has 1 N–H and O–H groups in total. The van der Waals surface area contributed by atoms with Gasteiger partial charge in [-0.1, -0.05) is 31.5 Å². The van der Waals surface area contributed by atoms with Crippen molar-refractivity contribution in [3.05, 3.63) is 64.2 Å². The minimum absolute atomic E-state index is 0.0538. The zero-order valence-electron chi connectivity index (χ0n) is 21.1. The molecule has 3 aromatic rings. The number of benzene rings is 2. The first-order valence-corrected chi connectivity index (χ1v) is 13.7. The van der Waals surface area contributed by atoms with E-state index >= 15 is 0 Å². The lowest BCUT2D eigenvalue weighted by molar-refractivity contribution is 0.0976. The van der Waals surface area contributed by atoms with Gasteiger partial charge in [0, 0.05) is 18.4 Å². The molecule has 1 aliphatic rings. The summed E-state index contributed by atoms with van der Waals surface area (Å²) in [5.74, 6) is 0.182. The number of aromatic hydroxyl groups is 1. The maximum absolute atomic E-state index is 13.9. The Labute approximate surface area is 215 Å². The van der Waals surface area contributed by atoms with Crippen LogP contribution in [-0.2, 0) is 16.3 Å². The van der Waals surface area contributed by atoms with Crippen LogP contribution in [0.3, 0.4) is 0 Å². The lowest BCUT2D eigenvalue weighted by Gasteiger charge is -2.19. The molecule has 0 aliphatic heterocycles. The van der Waals surface area contributed by atoms with Gasteiger partial charge in [0.1, 0.15) is 23.0 Å². The first kappa shape index (κ1) is 26.4. The summed E-state index contributed by atoms with van der Waals surface area (Å²) in [4.78, 5) is 29.3. The van der Waals surface area contributed by atoms with E-state index in [0.29, 0.717) is 30.7 Å². The number of rotatable bonds is 11. The number of para-hydroxylation sites is 1. The number of sulfone groups is 1. The summed E-state index contributed by atoms with van der Waals surface area (Å²) in [6.07, 6.45) is 4.22. The molecule has 0 radical (unpaired) electrons. The van der Waals surface area contributed by atoms with Crippen molar-refractivity contribution in [2.24, 2.45) is 5.92 Å². The molecule has 4 rings (SSSR count). The van der Waals surface area contributed by atoms with Gasteiger partial charge in [-0.05, 0) is 49.4 Å². The highest BCUT2D eigenvalue weighted by atomic mass is 32.2. The summed E-state index contributed by atoms with van der Waals surface area (Å²) in [5, 5.41) is 10.7. The van der Waals surface area contributed by atoms with Gasteiger partial charge in [0.05, 0.1) is 19.1 Å². The summed E-state index contributed by atoms with van der Waals surface area (Å²) in [7, 11) is -1.65. The third-order valence-corrected chi connectivity index (χ3v) is 8.19. The fourth-order valence-corrected chi connectivity index (χ4v) is 5.53. The highest BCUT2D eigenvalue weighted by Crippen LogP contribution is 2.35. The summed E-state index contributed by atoms with van der Waals surface area (Å²) in [5.41, 5.74) is -0.386. The van der Waals surface area contributed by atoms with E-state index in [0.717, 1.165) is 23.8 Å². The smallest absolute Gasteiger partial charge is 0.281 e. The molecule has 0 spiro atoms. The third-order valence-electron chi connectivity index (χ3n) is 6.40. The predicted molar refractivity (Wildman–Crippen MR) is 137 cm³/mol. The molecule has 37 heavy (non-hydrogen) atoms. The summed E-state index contributed by atoms with van der Waals surface area (Å²) in [6.45, 7) is 1.96. The van der Waals surface area contributed by atoms with Crippen molar-refractivity contribution in [3.8, 4) is 23.1 Å². The van der Waals surface area contributed by atoms with Crippen LogP contribution in [0.4, 0.5) is 0 Å². The number of aromatic nitrogens is 2. The SMILES string of the molecule is CCCCc1nc(O)c(S(=O)(=O)c2ccc(C(=O)CC3CC3)cc2)c(=O)n1-c1c(OC)cccc1OC. The molecule has 1 fully saturated rings. The number of carbonyl (C=O) groups excluding carboxylic acids is 1. The Morgan fingerprint density at radius 3 is 2.24 bits per heavy atom. The van der Waals surface area contributed by atoms with Crippen LogP contribution in [-0.4, -0.2) is 43.1 Å². The molecule has 0 atom stereocenters. The van der Waals surface area contributed by atoms with Gasteiger partial charge in [-0.3, -0.25) is 14.2 Å². The number of Topliss-reactive ketones (excluding diaryl/α,β-unsaturated/α-hetero) is 1. The van der Waals surface area contributed by atoms with Crippen molar-refractivity contribution < 1.29 is 27.8 Å². The van der Waals surface area contributed by atoms with E-state index in [9.17, 15) is 23.1 Å². The maximum atomic E-state index is 13.9. The average molecular weight is 527 g/mol. The molecule has 10 heteroatoms. The van der Waals surface area contributed by atoms with Crippen molar-refractivity contribution in [2.45, 2.75) is 55.2 Å². The quantitative estimate of drug-likeness (QED) is 0.370. The lowest BCUT2D eigenvalue weighted by atomic mass is 10.1. The minimum Gasteiger partial charge on any atom is -0.494 e. The normalized spacial score (nSPS) is 13.4. The molecule has 2 aromatic carbocycles. The van der Waals surface area contributed by atoms with Gasteiger partial charge in [-0.15, -0.1) is 0 Å². The van der Waals surface area contributed by atoms with Gasteiger partial charge in [0.25, 0.3) is 5.56 Å². The average Bonchev–Trinajstić information content (AvgIpc) is 3.71. The third kappa shape index (κ3) is 5.24. The second-order valence-corrected chi connectivity index (χ2v) is 10.9. The molecule has 0 saturated heterocycles. The molecule has 1 heterocycles. The van der Waals surface area contributed by atoms with Crippen molar-refractivity contribution in [2.75, 3.05) is 14.2 Å². The van der Waals surface area contributed by atoms with Gasteiger partial charge < -0.3 is 14.6 Å². The van der Waals surface area contributed by atoms with Crippen molar-refractivity contribution in [3.63, 3.8) is 0 Å². The van der Waals surface area contributed by atoms with Gasteiger partial charge in [-0.2, -0.15) is 4.98 Å². The van der Waals surface area contributed by atoms with E-state index < -0.39 is 26.2 Å². The molecular weight excluding hydrogens is 496 g/mol. The lowest BCUT2D eigenvalue weighted by Crippen LogP contribution is -2.30. The number of hydrogen-bond acceptors (Lipinski definition) is 8. The van der Waals surface area contributed by atoms with Crippen LogP contribution in [0.1, 0.15) is 55.2 Å². The Hall–Kier alpha value is -3.66. The maximum Gasteiger partial charge on any atom is 0.281 e. The Bertz CT molecular complexity index is 1450. The molecule has 1 aliphatic carbocycles. The van der Waals surface area contributed by atoms with Crippen LogP contribution >= 0.6 is 0 Å². The number of aryl methyl sites for hydroxylation is 1. The standard InChI is InChI=1S/C27H30N2O7S/c1-4-5-9-23-28-26(31)25(27(32)29(23)24-21(35-2)7-6-8-22(24)36-3)37(33,34)19-14-12-18(13-15-19)20(30)16-17-10-11-17/h6-8,12-15,17,31H,4-5,9-11,16H2,1-3H3. The van der Waals surface area contributed by atoms with Crippen LogP contribution in [0.2, 0.25) is 0 Å². The van der Waals surface area contributed by atoms with Gasteiger partial charge in [0.15, 0.2) is 10.7 Å². The van der Waals surface area contributed by atoms with Gasteiger partial charge in [0.2, 0.25) is 15.7 Å². The molecular formula is C27H30N2O7S. The fraction of sp³-hybridized carbons (Fsp3) is 0.370. The number of unbranched alkanes of at least 4 members (excludes halogenated alkanes) is 1. The summed E-state index contributed by atoms with van der Waals surface area (Å²) < 4.78 is 39.2. The number of methoxy groups -OCH3 is 2. The number of ketones is 1. The molecule has 0 amide bonds. The minimum atomic E-state index is -4.50. The van der Waals surface area contributed by atoms with E-state index in [1.54, 1.807) is 18.2 Å². The number of carbonyl (C=O) groups is 1. The zero-order chi connectivity index (χ0) is 26.7. The van der Waals surface area contributed by atoms with E-state index in [2.05, 4.69) is 4.98 Å². The molecule has 1 aromatic heterocycles. The Kier molecular flexibility index (Phi) is 7.68. The highest BCUT2D eigenvalue weighted by Gasteiger charge is 2.32. The zero-order valence-corrected chi connectivity index (χ0v) is 21.9. The molecule has 0 unspecified atom stereocenters. The van der Waals surface area contributed by atoms with Crippen LogP contribution in [0.25, 0.3) is 5.69 Å². The number of nitrogens with zero attached hydrogens (tertiary/aromatic N) is 2. The second kappa shape index (κ2) is 10.8. The van der Waals surface area contributed by atoms with E-state index in [1.165, 1.54) is 38.5 Å². The van der Waals surface area contributed by atoms with Crippen LogP contribution in [0, 0.1) is 5.92 Å². The van der Waals surface area contributed by atoms with E-state index in [-0.39, 0.29) is 33.7 Å². The van der Waals surface area contributed by atoms with Crippen LogP contribution < -0.4 is 15.0 Å². The summed E-state index contributed by atoms with van der Waals surface area (Å²) in [6, 6.07) is 10.3. The summed E-state index contributed by atoms with van der Waals surface area (Å²) >= 11 is 0. The highest BCUT2D eigenvalue weighted by molar-refractivity contribution is 7.91. The first-order chi connectivity index (χ1) is 17.7. The second-order valence-electron chi connectivity index (χ2n) is 9.03. The van der Waals surface area contributed by atoms with Crippen molar-refractivity contribution in [1.82, 2.24) is 9.55 Å². The Morgan fingerprint density at radius 2 is 1.70 bits per heavy atom.